The third kappa shape index (κ3) is 5.27. The molecule has 27 heavy (non-hydrogen) atoms. The fourth-order valence-corrected chi connectivity index (χ4v) is 2.67. The molecule has 5 heteroatoms. The van der Waals surface area contributed by atoms with Crippen LogP contribution in [-0.2, 0) is 16.2 Å². The molecule has 138 valence electrons. The van der Waals surface area contributed by atoms with E-state index in [0.29, 0.717) is 6.61 Å². The molecule has 0 bridgehead atoms. The lowest BCUT2D eigenvalue weighted by Crippen LogP contribution is -2.02. The lowest BCUT2D eigenvalue weighted by molar-refractivity contribution is -0.191. The van der Waals surface area contributed by atoms with Crippen LogP contribution in [-0.4, -0.2) is 18.2 Å². The first-order chi connectivity index (χ1) is 13.1. The minimum atomic E-state index is 0.250. The van der Waals surface area contributed by atoms with Crippen LogP contribution in [0.1, 0.15) is 16.8 Å². The van der Waals surface area contributed by atoms with E-state index in [-0.39, 0.29) is 6.15 Å². The normalized spacial score (nSPS) is 9.59. The number of aryl methyl sites for hydroxylation is 2. The summed E-state index contributed by atoms with van der Waals surface area (Å²) in [5.74, 6) is 1.45. The average Bonchev–Trinajstić information content (AvgIpc) is 2.68. The van der Waals surface area contributed by atoms with Crippen molar-refractivity contribution in [3.05, 3.63) is 77.6 Å². The molecule has 0 saturated heterocycles. The number of ether oxygens (including phenoxy) is 2. The van der Waals surface area contributed by atoms with E-state index < -0.39 is 0 Å². The monoisotopic (exact) mass is 363 g/mol. The molecule has 1 heterocycles. The highest BCUT2D eigenvalue weighted by molar-refractivity contribution is 5.70. The van der Waals surface area contributed by atoms with Gasteiger partial charge in [0.05, 0.1) is 12.8 Å². The molecule has 2 aromatic carbocycles. The highest BCUT2D eigenvalue weighted by Crippen LogP contribution is 2.34. The van der Waals surface area contributed by atoms with E-state index in [9.17, 15) is 0 Å². The molecule has 0 spiro atoms. The predicted octanol–water partition coefficient (Wildman–Crippen LogP) is 4.37. The Balaban J connectivity index is 0.000000817. The van der Waals surface area contributed by atoms with Crippen LogP contribution in [0.25, 0.3) is 11.1 Å². The smallest absolute Gasteiger partial charge is 0.373 e. The average molecular weight is 363 g/mol. The van der Waals surface area contributed by atoms with Crippen LogP contribution in [0, 0.1) is 13.8 Å². The molecule has 0 radical (unpaired) electrons. The molecule has 5 nitrogen and oxygen atoms in total. The number of hydrogen-bond acceptors (Lipinski definition) is 5. The minimum Gasteiger partial charge on any atom is -0.493 e. The van der Waals surface area contributed by atoms with Crippen molar-refractivity contribution >= 4 is 6.15 Å². The Bertz CT molecular complexity index is 931. The number of rotatable bonds is 5. The van der Waals surface area contributed by atoms with Crippen molar-refractivity contribution in [2.75, 3.05) is 7.11 Å². The SMILES string of the molecule is COc1ccc(-c2ccccc2C)cc1OCc1ncccc1C.O=C=O. The maximum Gasteiger partial charge on any atom is 0.373 e. The van der Waals surface area contributed by atoms with Gasteiger partial charge in [0.25, 0.3) is 0 Å². The zero-order chi connectivity index (χ0) is 19.6. The van der Waals surface area contributed by atoms with Gasteiger partial charge in [-0.15, -0.1) is 0 Å². The van der Waals surface area contributed by atoms with Crippen LogP contribution >= 0.6 is 0 Å². The number of carbonyl (C=O) groups excluding carboxylic acids is 2. The number of hydrogen-bond donors (Lipinski definition) is 0. The molecular weight excluding hydrogens is 342 g/mol. The zero-order valence-electron chi connectivity index (χ0n) is 15.6. The van der Waals surface area contributed by atoms with E-state index in [1.54, 1.807) is 13.3 Å². The summed E-state index contributed by atoms with van der Waals surface area (Å²) in [6.45, 7) is 4.56. The van der Waals surface area contributed by atoms with Crippen LogP contribution < -0.4 is 9.47 Å². The standard InChI is InChI=1S/C21H21NO2.CO2/c1-15-7-4-5-9-18(15)17-10-11-20(23-3)21(13-17)24-14-19-16(2)8-6-12-22-19;2-1-3/h4-13H,14H2,1-3H3;. The molecule has 0 atom stereocenters. The van der Waals surface area contributed by atoms with E-state index in [1.807, 2.05) is 43.3 Å². The summed E-state index contributed by atoms with van der Waals surface area (Å²) in [7, 11) is 1.65. The maximum atomic E-state index is 8.12. The first-order valence-corrected chi connectivity index (χ1v) is 8.37. The van der Waals surface area contributed by atoms with Crippen molar-refractivity contribution in [3.63, 3.8) is 0 Å². The maximum absolute atomic E-state index is 8.12. The molecule has 0 unspecified atom stereocenters. The molecule has 3 rings (SSSR count). The molecule has 0 N–H and O–H groups in total. The van der Waals surface area contributed by atoms with Crippen LogP contribution in [0.3, 0.4) is 0 Å². The molecule has 0 aliphatic heterocycles. The number of methoxy groups -OCH3 is 1. The minimum absolute atomic E-state index is 0.250. The quantitative estimate of drug-likeness (QED) is 0.673. The summed E-state index contributed by atoms with van der Waals surface area (Å²) in [6, 6.07) is 18.3. The van der Waals surface area contributed by atoms with E-state index >= 15 is 0 Å². The summed E-state index contributed by atoms with van der Waals surface area (Å²) in [6.07, 6.45) is 2.03. The van der Waals surface area contributed by atoms with E-state index in [4.69, 9.17) is 19.1 Å². The second-order valence-corrected chi connectivity index (χ2v) is 5.82. The van der Waals surface area contributed by atoms with Crippen molar-refractivity contribution in [2.24, 2.45) is 0 Å². The third-order valence-electron chi connectivity index (χ3n) is 4.10. The lowest BCUT2D eigenvalue weighted by atomic mass is 10.0. The van der Waals surface area contributed by atoms with E-state index in [2.05, 4.69) is 30.1 Å². The highest BCUT2D eigenvalue weighted by Gasteiger charge is 2.10. The van der Waals surface area contributed by atoms with Gasteiger partial charge in [-0.3, -0.25) is 4.98 Å². The van der Waals surface area contributed by atoms with Crippen LogP contribution in [0.2, 0.25) is 0 Å². The van der Waals surface area contributed by atoms with Crippen LogP contribution in [0.15, 0.2) is 60.8 Å². The second kappa shape index (κ2) is 9.90. The summed E-state index contributed by atoms with van der Waals surface area (Å²) >= 11 is 0. The van der Waals surface area contributed by atoms with Gasteiger partial charge in [-0.25, -0.2) is 0 Å². The third-order valence-corrected chi connectivity index (χ3v) is 4.10. The predicted molar refractivity (Wildman–Crippen MR) is 101 cm³/mol. The lowest BCUT2D eigenvalue weighted by Gasteiger charge is -2.14. The second-order valence-electron chi connectivity index (χ2n) is 5.82. The van der Waals surface area contributed by atoms with Gasteiger partial charge in [-0.1, -0.05) is 36.4 Å². The summed E-state index contributed by atoms with van der Waals surface area (Å²) in [5, 5.41) is 0. The molecule has 0 aliphatic carbocycles. The molecule has 3 aromatic rings. The van der Waals surface area contributed by atoms with Gasteiger partial charge in [0.2, 0.25) is 0 Å². The van der Waals surface area contributed by atoms with Gasteiger partial charge in [-0.05, 0) is 54.3 Å². The summed E-state index contributed by atoms with van der Waals surface area (Å²) in [4.78, 5) is 20.6. The largest absolute Gasteiger partial charge is 0.493 e. The van der Waals surface area contributed by atoms with Gasteiger partial charge in [-0.2, -0.15) is 9.59 Å². The Kier molecular flexibility index (Phi) is 7.29. The van der Waals surface area contributed by atoms with Crippen molar-refractivity contribution in [3.8, 4) is 22.6 Å². The van der Waals surface area contributed by atoms with Crippen molar-refractivity contribution in [2.45, 2.75) is 20.5 Å². The topological polar surface area (TPSA) is 65.5 Å². The van der Waals surface area contributed by atoms with Gasteiger partial charge >= 0.3 is 6.15 Å². The Morgan fingerprint density at radius 1 is 0.926 bits per heavy atom. The van der Waals surface area contributed by atoms with Crippen LogP contribution in [0.4, 0.5) is 0 Å². The Hall–Kier alpha value is -3.43. The van der Waals surface area contributed by atoms with Crippen molar-refractivity contribution < 1.29 is 19.1 Å². The summed E-state index contributed by atoms with van der Waals surface area (Å²) in [5.41, 5.74) is 5.59. The fraction of sp³-hybridized carbons (Fsp3) is 0.182. The van der Waals surface area contributed by atoms with E-state index in [1.165, 1.54) is 11.1 Å². The number of benzene rings is 2. The number of pyridine rings is 1. The molecule has 1 aromatic heterocycles. The highest BCUT2D eigenvalue weighted by atomic mass is 16.5. The van der Waals surface area contributed by atoms with Gasteiger partial charge in [0.15, 0.2) is 11.5 Å². The molecule has 0 amide bonds. The Labute approximate surface area is 158 Å². The number of nitrogens with zero attached hydrogens (tertiary/aromatic N) is 1. The summed E-state index contributed by atoms with van der Waals surface area (Å²) < 4.78 is 11.4. The van der Waals surface area contributed by atoms with Gasteiger partial charge in [0.1, 0.15) is 6.61 Å². The molecule has 0 aliphatic rings. The van der Waals surface area contributed by atoms with Gasteiger partial charge in [0, 0.05) is 6.20 Å². The Morgan fingerprint density at radius 3 is 2.30 bits per heavy atom. The van der Waals surface area contributed by atoms with Gasteiger partial charge < -0.3 is 9.47 Å². The number of aromatic nitrogens is 1. The fourth-order valence-electron chi connectivity index (χ4n) is 2.67. The first-order valence-electron chi connectivity index (χ1n) is 8.37. The van der Waals surface area contributed by atoms with Crippen molar-refractivity contribution in [1.29, 1.82) is 0 Å². The molecular formula is C22H21NO4. The van der Waals surface area contributed by atoms with E-state index in [0.717, 1.165) is 28.3 Å². The zero-order valence-corrected chi connectivity index (χ0v) is 15.6. The Morgan fingerprint density at radius 2 is 1.63 bits per heavy atom. The molecule has 0 saturated carbocycles. The molecule has 0 fully saturated rings. The van der Waals surface area contributed by atoms with Crippen LogP contribution in [0.5, 0.6) is 11.5 Å². The van der Waals surface area contributed by atoms with Crippen molar-refractivity contribution in [1.82, 2.24) is 4.98 Å². The first kappa shape index (κ1) is 19.9.